The monoisotopic (exact) mass is 560 g/mol. The van der Waals surface area contributed by atoms with Crippen molar-refractivity contribution in [3.05, 3.63) is 86.3 Å². The second kappa shape index (κ2) is 9.78. The molecule has 31 heavy (non-hydrogen) atoms. The van der Waals surface area contributed by atoms with E-state index in [-0.39, 0.29) is 0 Å². The minimum Gasteiger partial charge on any atom is -0.489 e. The quantitative estimate of drug-likeness (QED) is 0.232. The number of benzene rings is 3. The lowest BCUT2D eigenvalue weighted by molar-refractivity contribution is 0.264. The molecule has 0 aliphatic rings. The van der Waals surface area contributed by atoms with Gasteiger partial charge in [0.05, 0.1) is 11.2 Å². The molecule has 0 spiro atoms. The van der Waals surface area contributed by atoms with E-state index in [0.717, 1.165) is 43.4 Å². The summed E-state index contributed by atoms with van der Waals surface area (Å²) in [6.45, 7) is 2.13. The second-order valence-electron chi connectivity index (χ2n) is 7.69. The van der Waals surface area contributed by atoms with E-state index >= 15 is 0 Å². The van der Waals surface area contributed by atoms with Crippen molar-refractivity contribution < 1.29 is 4.74 Å². The van der Waals surface area contributed by atoms with Gasteiger partial charge < -0.3 is 14.2 Å². The zero-order valence-electron chi connectivity index (χ0n) is 17.4. The van der Waals surface area contributed by atoms with Gasteiger partial charge in [-0.15, -0.1) is 0 Å². The molecule has 0 radical (unpaired) electrons. The second-order valence-corrected chi connectivity index (χ2v) is 9.90. The fourth-order valence-corrected chi connectivity index (χ4v) is 4.95. The minimum absolute atomic E-state index is 0.592. The van der Waals surface area contributed by atoms with Crippen LogP contribution in [-0.2, 0) is 6.54 Å². The fourth-order valence-electron chi connectivity index (χ4n) is 3.67. The average Bonchev–Trinajstić information content (AvgIpc) is 3.03. The predicted molar refractivity (Wildman–Crippen MR) is 137 cm³/mol. The SMILES string of the molecule is CN(C)CCOc1c(-c2ccccc2)n(Cc2ccc(Br)cc2)c2c(Br)cc(Cl)cc12. The van der Waals surface area contributed by atoms with Gasteiger partial charge in [-0.2, -0.15) is 0 Å². The molecule has 0 atom stereocenters. The Balaban J connectivity index is 1.95. The predicted octanol–water partition coefficient (Wildman–Crippen LogP) is 7.48. The molecule has 0 saturated carbocycles. The molecule has 4 rings (SSSR count). The Bertz CT molecular complexity index is 1190. The highest BCUT2D eigenvalue weighted by Gasteiger charge is 2.23. The molecule has 0 aliphatic heterocycles. The molecule has 3 aromatic carbocycles. The third-order valence-corrected chi connectivity index (χ3v) is 6.47. The van der Waals surface area contributed by atoms with Crippen LogP contribution in [0.4, 0.5) is 0 Å². The van der Waals surface area contributed by atoms with E-state index < -0.39 is 0 Å². The van der Waals surface area contributed by atoms with Crippen molar-refractivity contribution in [1.29, 1.82) is 0 Å². The maximum absolute atomic E-state index is 6.46. The first-order valence-electron chi connectivity index (χ1n) is 10.0. The Hall–Kier alpha value is -1.79. The molecule has 1 aromatic heterocycles. The molecule has 6 heteroatoms. The van der Waals surface area contributed by atoms with Gasteiger partial charge in [0.15, 0.2) is 5.75 Å². The number of likely N-dealkylation sites (N-methyl/N-ethyl adjacent to an activating group) is 1. The molecule has 0 unspecified atom stereocenters. The first kappa shape index (κ1) is 22.4. The van der Waals surface area contributed by atoms with Crippen molar-refractivity contribution in [2.75, 3.05) is 27.2 Å². The summed E-state index contributed by atoms with van der Waals surface area (Å²) < 4.78 is 10.8. The topological polar surface area (TPSA) is 17.4 Å². The van der Waals surface area contributed by atoms with Crippen LogP contribution in [0, 0.1) is 0 Å². The van der Waals surface area contributed by atoms with Crippen molar-refractivity contribution in [3.8, 4) is 17.0 Å². The van der Waals surface area contributed by atoms with Gasteiger partial charge in [-0.3, -0.25) is 0 Å². The van der Waals surface area contributed by atoms with E-state index in [9.17, 15) is 0 Å². The number of hydrogen-bond acceptors (Lipinski definition) is 2. The summed E-state index contributed by atoms with van der Waals surface area (Å²) in [5.41, 5.74) is 4.45. The van der Waals surface area contributed by atoms with Crippen LogP contribution in [0.5, 0.6) is 5.75 Å². The Morgan fingerprint density at radius 1 is 0.968 bits per heavy atom. The fraction of sp³-hybridized carbons (Fsp3) is 0.200. The number of hydrogen-bond donors (Lipinski definition) is 0. The summed E-state index contributed by atoms with van der Waals surface area (Å²) in [6, 6.07) is 22.8. The van der Waals surface area contributed by atoms with Crippen LogP contribution in [-0.4, -0.2) is 36.7 Å². The maximum Gasteiger partial charge on any atom is 0.153 e. The number of aromatic nitrogens is 1. The van der Waals surface area contributed by atoms with E-state index in [2.05, 4.69) is 89.9 Å². The van der Waals surface area contributed by atoms with Crippen molar-refractivity contribution >= 4 is 54.4 Å². The highest BCUT2D eigenvalue weighted by atomic mass is 79.9. The lowest BCUT2D eigenvalue weighted by Gasteiger charge is -2.15. The first-order chi connectivity index (χ1) is 14.9. The Morgan fingerprint density at radius 3 is 2.35 bits per heavy atom. The summed E-state index contributed by atoms with van der Waals surface area (Å²) >= 11 is 13.7. The van der Waals surface area contributed by atoms with Crippen LogP contribution < -0.4 is 4.74 Å². The summed E-state index contributed by atoms with van der Waals surface area (Å²) in [4.78, 5) is 2.12. The van der Waals surface area contributed by atoms with Crippen LogP contribution in [0.25, 0.3) is 22.2 Å². The first-order valence-corrected chi connectivity index (χ1v) is 12.0. The van der Waals surface area contributed by atoms with Crippen LogP contribution >= 0.6 is 43.5 Å². The van der Waals surface area contributed by atoms with Gasteiger partial charge in [-0.1, -0.05) is 70.0 Å². The van der Waals surface area contributed by atoms with Crippen molar-refractivity contribution in [3.63, 3.8) is 0 Å². The van der Waals surface area contributed by atoms with Crippen molar-refractivity contribution in [2.24, 2.45) is 0 Å². The van der Waals surface area contributed by atoms with Gasteiger partial charge in [0, 0.05) is 38.0 Å². The van der Waals surface area contributed by atoms with E-state index in [0.29, 0.717) is 18.2 Å². The molecular weight excluding hydrogens is 540 g/mol. The number of fused-ring (bicyclic) bond motifs is 1. The largest absolute Gasteiger partial charge is 0.489 e. The summed E-state index contributed by atoms with van der Waals surface area (Å²) in [7, 11) is 4.09. The van der Waals surface area contributed by atoms with Crippen LogP contribution in [0.15, 0.2) is 75.7 Å². The summed E-state index contributed by atoms with van der Waals surface area (Å²) in [6.07, 6.45) is 0. The standard InChI is InChI=1S/C25H23Br2ClN2O/c1-29(2)12-13-31-25-21-14-20(28)15-22(27)24(21)30(16-17-8-10-19(26)11-9-17)23(25)18-6-4-3-5-7-18/h3-11,14-15H,12-13,16H2,1-2H3. The number of rotatable bonds is 7. The molecule has 0 aliphatic carbocycles. The zero-order valence-corrected chi connectivity index (χ0v) is 21.3. The maximum atomic E-state index is 6.46. The number of ether oxygens (including phenoxy) is 1. The van der Waals surface area contributed by atoms with Gasteiger partial charge >= 0.3 is 0 Å². The van der Waals surface area contributed by atoms with Gasteiger partial charge in [0.25, 0.3) is 0 Å². The van der Waals surface area contributed by atoms with E-state index in [1.54, 1.807) is 0 Å². The van der Waals surface area contributed by atoms with Crippen LogP contribution in [0.2, 0.25) is 5.02 Å². The van der Waals surface area contributed by atoms with Crippen molar-refractivity contribution in [1.82, 2.24) is 9.47 Å². The summed E-state index contributed by atoms with van der Waals surface area (Å²) in [5, 5.41) is 1.69. The molecule has 0 bridgehead atoms. The third-order valence-electron chi connectivity index (χ3n) is 5.11. The Kier molecular flexibility index (Phi) is 7.07. The molecule has 0 N–H and O–H groups in total. The lowest BCUT2D eigenvalue weighted by atomic mass is 10.1. The minimum atomic E-state index is 0.592. The Labute approximate surface area is 204 Å². The number of nitrogens with zero attached hydrogens (tertiary/aromatic N) is 2. The van der Waals surface area contributed by atoms with Crippen LogP contribution in [0.3, 0.4) is 0 Å². The molecule has 4 aromatic rings. The van der Waals surface area contributed by atoms with E-state index in [1.165, 1.54) is 5.56 Å². The highest BCUT2D eigenvalue weighted by molar-refractivity contribution is 9.11. The third kappa shape index (κ3) is 5.01. The number of halogens is 3. The van der Waals surface area contributed by atoms with Gasteiger partial charge in [0.1, 0.15) is 6.61 Å². The Morgan fingerprint density at radius 2 is 1.68 bits per heavy atom. The molecule has 1 heterocycles. The summed E-state index contributed by atoms with van der Waals surface area (Å²) in [5.74, 6) is 0.864. The molecule has 0 saturated heterocycles. The normalized spacial score (nSPS) is 11.4. The molecule has 160 valence electrons. The molecule has 3 nitrogen and oxygen atoms in total. The van der Waals surface area contributed by atoms with Gasteiger partial charge in [-0.05, 0) is 59.9 Å². The highest BCUT2D eigenvalue weighted by Crippen LogP contribution is 2.44. The smallest absolute Gasteiger partial charge is 0.153 e. The van der Waals surface area contributed by atoms with Gasteiger partial charge in [0.2, 0.25) is 0 Å². The van der Waals surface area contributed by atoms with Gasteiger partial charge in [-0.25, -0.2) is 0 Å². The van der Waals surface area contributed by atoms with E-state index in [1.807, 2.05) is 32.3 Å². The van der Waals surface area contributed by atoms with Crippen molar-refractivity contribution in [2.45, 2.75) is 6.54 Å². The molecule has 0 amide bonds. The zero-order chi connectivity index (χ0) is 22.0. The molecule has 0 fully saturated rings. The molecular formula is C25H23Br2ClN2O. The lowest BCUT2D eigenvalue weighted by Crippen LogP contribution is -2.19. The average molecular weight is 563 g/mol. The van der Waals surface area contributed by atoms with E-state index in [4.69, 9.17) is 16.3 Å². The van der Waals surface area contributed by atoms with Crippen LogP contribution in [0.1, 0.15) is 5.56 Å².